The van der Waals surface area contributed by atoms with E-state index in [0.29, 0.717) is 12.0 Å². The maximum absolute atomic E-state index is 12.8. The lowest BCUT2D eigenvalue weighted by Gasteiger charge is -2.20. The number of nitrogens with one attached hydrogen (secondary N) is 3. The summed E-state index contributed by atoms with van der Waals surface area (Å²) < 4.78 is 0. The first-order valence-electron chi connectivity index (χ1n) is 11.4. The van der Waals surface area contributed by atoms with E-state index < -0.39 is 6.04 Å². The van der Waals surface area contributed by atoms with Gasteiger partial charge in [-0.1, -0.05) is 37.6 Å². The fourth-order valence-electron chi connectivity index (χ4n) is 3.79. The zero-order valence-corrected chi connectivity index (χ0v) is 18.6. The van der Waals surface area contributed by atoms with Crippen molar-refractivity contribution in [3.8, 4) is 0 Å². The van der Waals surface area contributed by atoms with Gasteiger partial charge in [0.2, 0.25) is 11.8 Å². The second kappa shape index (κ2) is 11.9. The van der Waals surface area contributed by atoms with Gasteiger partial charge in [-0.3, -0.25) is 14.4 Å². The standard InChI is InChI=1S/C25H32N4O3/c1-2-9-22(28-23(30)14-15-26-24(31)19-10-4-3-5-11-19)25(32)27-20-12-8-13-21(18-20)29-16-6-7-17-29/h3-5,8,10-13,18,22H,2,6-7,9,14-17H2,1H3,(H,26,31)(H,27,32)(H,28,30). The fraction of sp³-hybridized carbons (Fsp3) is 0.400. The number of benzene rings is 2. The average Bonchev–Trinajstić information content (AvgIpc) is 3.34. The Labute approximate surface area is 189 Å². The SMILES string of the molecule is CCCC(NC(=O)CCNC(=O)c1ccccc1)C(=O)Nc1cccc(N2CCCC2)c1. The third-order valence-corrected chi connectivity index (χ3v) is 5.49. The maximum atomic E-state index is 12.8. The minimum absolute atomic E-state index is 0.108. The van der Waals surface area contributed by atoms with Gasteiger partial charge in [-0.05, 0) is 49.6 Å². The van der Waals surface area contributed by atoms with Gasteiger partial charge in [-0.2, -0.15) is 0 Å². The number of carbonyl (C=O) groups is 3. The molecular weight excluding hydrogens is 404 g/mol. The van der Waals surface area contributed by atoms with E-state index in [2.05, 4.69) is 26.9 Å². The molecule has 32 heavy (non-hydrogen) atoms. The Morgan fingerprint density at radius 1 is 1.00 bits per heavy atom. The third kappa shape index (κ3) is 6.83. The van der Waals surface area contributed by atoms with Crippen LogP contribution in [0.4, 0.5) is 11.4 Å². The van der Waals surface area contributed by atoms with Gasteiger partial charge in [0.1, 0.15) is 6.04 Å². The smallest absolute Gasteiger partial charge is 0.251 e. The number of hydrogen-bond acceptors (Lipinski definition) is 4. The van der Waals surface area contributed by atoms with Crippen molar-refractivity contribution in [1.29, 1.82) is 0 Å². The molecule has 1 aliphatic rings. The number of hydrogen-bond donors (Lipinski definition) is 3. The van der Waals surface area contributed by atoms with Crippen LogP contribution in [0.15, 0.2) is 54.6 Å². The van der Waals surface area contributed by atoms with Crippen LogP contribution in [0.5, 0.6) is 0 Å². The highest BCUT2D eigenvalue weighted by Crippen LogP contribution is 2.23. The number of amides is 3. The lowest BCUT2D eigenvalue weighted by molar-refractivity contribution is -0.126. The van der Waals surface area contributed by atoms with Crippen LogP contribution in [0.1, 0.15) is 49.4 Å². The molecule has 1 heterocycles. The molecule has 2 aromatic carbocycles. The Kier molecular flexibility index (Phi) is 8.66. The Morgan fingerprint density at radius 3 is 2.47 bits per heavy atom. The van der Waals surface area contributed by atoms with Crippen LogP contribution in [0, 0.1) is 0 Å². The summed E-state index contributed by atoms with van der Waals surface area (Å²) in [6, 6.07) is 16.1. The number of nitrogens with zero attached hydrogens (tertiary/aromatic N) is 1. The molecule has 1 atom stereocenters. The Balaban J connectivity index is 1.49. The van der Waals surface area contributed by atoms with Gasteiger partial charge in [-0.15, -0.1) is 0 Å². The van der Waals surface area contributed by atoms with E-state index >= 15 is 0 Å². The van der Waals surface area contributed by atoms with Crippen LogP contribution in [-0.4, -0.2) is 43.4 Å². The van der Waals surface area contributed by atoms with Crippen molar-refractivity contribution in [3.05, 3.63) is 60.2 Å². The summed E-state index contributed by atoms with van der Waals surface area (Å²) in [6.07, 6.45) is 3.78. The first-order chi connectivity index (χ1) is 15.6. The van der Waals surface area contributed by atoms with Gasteiger partial charge in [0.05, 0.1) is 0 Å². The van der Waals surface area contributed by atoms with Crippen molar-refractivity contribution >= 4 is 29.1 Å². The highest BCUT2D eigenvalue weighted by atomic mass is 16.2. The largest absolute Gasteiger partial charge is 0.371 e. The molecule has 2 aromatic rings. The normalized spacial score (nSPS) is 14.0. The topological polar surface area (TPSA) is 90.5 Å². The Hall–Kier alpha value is -3.35. The van der Waals surface area contributed by atoms with Gasteiger partial charge in [0.25, 0.3) is 5.91 Å². The van der Waals surface area contributed by atoms with Crippen LogP contribution in [0.3, 0.4) is 0 Å². The molecule has 7 nitrogen and oxygen atoms in total. The number of anilines is 2. The van der Waals surface area contributed by atoms with E-state index in [0.717, 1.165) is 30.9 Å². The zero-order chi connectivity index (χ0) is 22.8. The van der Waals surface area contributed by atoms with Crippen molar-refractivity contribution in [2.24, 2.45) is 0 Å². The van der Waals surface area contributed by atoms with Crippen LogP contribution >= 0.6 is 0 Å². The van der Waals surface area contributed by atoms with E-state index in [1.807, 2.05) is 31.2 Å². The zero-order valence-electron chi connectivity index (χ0n) is 18.6. The highest BCUT2D eigenvalue weighted by Gasteiger charge is 2.21. The van der Waals surface area contributed by atoms with Gasteiger partial charge < -0.3 is 20.9 Å². The molecule has 0 saturated carbocycles. The Morgan fingerprint density at radius 2 is 1.75 bits per heavy atom. The number of rotatable bonds is 10. The van der Waals surface area contributed by atoms with E-state index in [-0.39, 0.29) is 30.7 Å². The second-order valence-corrected chi connectivity index (χ2v) is 8.01. The monoisotopic (exact) mass is 436 g/mol. The molecule has 0 bridgehead atoms. The molecule has 7 heteroatoms. The number of carbonyl (C=O) groups excluding carboxylic acids is 3. The minimum Gasteiger partial charge on any atom is -0.371 e. The summed E-state index contributed by atoms with van der Waals surface area (Å²) in [5, 5.41) is 8.48. The van der Waals surface area contributed by atoms with E-state index in [1.165, 1.54) is 12.8 Å². The van der Waals surface area contributed by atoms with Crippen molar-refractivity contribution < 1.29 is 14.4 Å². The summed E-state index contributed by atoms with van der Waals surface area (Å²) >= 11 is 0. The van der Waals surface area contributed by atoms with Crippen LogP contribution in [-0.2, 0) is 9.59 Å². The second-order valence-electron chi connectivity index (χ2n) is 8.01. The molecule has 0 aliphatic carbocycles. The van der Waals surface area contributed by atoms with Crippen molar-refractivity contribution in [2.75, 3.05) is 29.9 Å². The van der Waals surface area contributed by atoms with Gasteiger partial charge in [-0.25, -0.2) is 0 Å². The summed E-state index contributed by atoms with van der Waals surface area (Å²) in [5.74, 6) is -0.719. The van der Waals surface area contributed by atoms with Crippen molar-refractivity contribution in [2.45, 2.75) is 45.1 Å². The summed E-state index contributed by atoms with van der Waals surface area (Å²) in [5.41, 5.74) is 2.38. The van der Waals surface area contributed by atoms with Gasteiger partial charge in [0.15, 0.2) is 0 Å². The molecule has 1 fully saturated rings. The molecule has 3 amide bonds. The quantitative estimate of drug-likeness (QED) is 0.533. The minimum atomic E-state index is -0.618. The molecule has 3 rings (SSSR count). The van der Waals surface area contributed by atoms with Crippen molar-refractivity contribution in [1.82, 2.24) is 10.6 Å². The van der Waals surface area contributed by atoms with Gasteiger partial charge >= 0.3 is 0 Å². The molecular formula is C25H32N4O3. The molecule has 1 unspecified atom stereocenters. The van der Waals surface area contributed by atoms with Crippen LogP contribution in [0.25, 0.3) is 0 Å². The average molecular weight is 437 g/mol. The third-order valence-electron chi connectivity index (χ3n) is 5.49. The van der Waals surface area contributed by atoms with Gasteiger partial charge in [0, 0.05) is 43.0 Å². The molecule has 1 aliphatic heterocycles. The Bertz CT molecular complexity index is 910. The summed E-state index contributed by atoms with van der Waals surface area (Å²) in [6.45, 7) is 4.25. The maximum Gasteiger partial charge on any atom is 0.251 e. The summed E-state index contributed by atoms with van der Waals surface area (Å²) in [4.78, 5) is 39.6. The van der Waals surface area contributed by atoms with Crippen LogP contribution in [0.2, 0.25) is 0 Å². The van der Waals surface area contributed by atoms with E-state index in [4.69, 9.17) is 0 Å². The molecule has 0 aromatic heterocycles. The van der Waals surface area contributed by atoms with Crippen molar-refractivity contribution in [3.63, 3.8) is 0 Å². The van der Waals surface area contributed by atoms with E-state index in [1.54, 1.807) is 24.3 Å². The molecule has 1 saturated heterocycles. The van der Waals surface area contributed by atoms with Crippen LogP contribution < -0.4 is 20.9 Å². The molecule has 170 valence electrons. The molecule has 0 spiro atoms. The predicted molar refractivity (Wildman–Crippen MR) is 127 cm³/mol. The highest BCUT2D eigenvalue weighted by molar-refractivity contribution is 5.98. The van der Waals surface area contributed by atoms with E-state index in [9.17, 15) is 14.4 Å². The first kappa shape index (κ1) is 23.3. The lowest BCUT2D eigenvalue weighted by Crippen LogP contribution is -2.44. The molecule has 3 N–H and O–H groups in total. The first-order valence-corrected chi connectivity index (χ1v) is 11.4. The summed E-state index contributed by atoms with van der Waals surface area (Å²) in [7, 11) is 0. The fourth-order valence-corrected chi connectivity index (χ4v) is 3.79. The lowest BCUT2D eigenvalue weighted by atomic mass is 10.1. The molecule has 0 radical (unpaired) electrons. The predicted octanol–water partition coefficient (Wildman–Crippen LogP) is 3.33.